The molecule has 0 aliphatic rings. The summed E-state index contributed by atoms with van der Waals surface area (Å²) in [6.07, 6.45) is 6.37. The average Bonchev–Trinajstić information content (AvgIpc) is 2.43. The molecule has 0 saturated carbocycles. The minimum Gasteiger partial charge on any atom is -0.385 e. The number of nitrogens with one attached hydrogen (secondary N) is 2. The van der Waals surface area contributed by atoms with Crippen molar-refractivity contribution in [3.05, 3.63) is 24.0 Å². The van der Waals surface area contributed by atoms with Gasteiger partial charge in [-0.25, -0.2) is 0 Å². The van der Waals surface area contributed by atoms with Crippen LogP contribution in [0.4, 0.5) is 5.69 Å². The molecule has 1 amide bonds. The van der Waals surface area contributed by atoms with Crippen molar-refractivity contribution in [1.29, 1.82) is 0 Å². The van der Waals surface area contributed by atoms with Gasteiger partial charge in [-0.15, -0.1) is 0 Å². The van der Waals surface area contributed by atoms with E-state index in [0.717, 1.165) is 38.1 Å². The van der Waals surface area contributed by atoms with E-state index < -0.39 is 0 Å². The Morgan fingerprint density at radius 1 is 1.37 bits per heavy atom. The number of rotatable bonds is 9. The summed E-state index contributed by atoms with van der Waals surface area (Å²) in [6, 6.07) is 1.73. The molecule has 0 aromatic carbocycles. The van der Waals surface area contributed by atoms with Gasteiger partial charge in [0.2, 0.25) is 0 Å². The Bertz CT molecular complexity index is 383. The molecular weight excluding hydrogens is 242 g/mol. The van der Waals surface area contributed by atoms with Crippen LogP contribution < -0.4 is 10.6 Å². The highest BCUT2D eigenvalue weighted by molar-refractivity contribution is 5.99. The standard InChI is InChI=1S/C14H23N3O2/c1-3-16-13-11-15-9-7-12(13)14(18)17-8-5-4-6-10-19-2/h7,9,11,16H,3-6,8,10H2,1-2H3,(H,17,18). The first-order valence-corrected chi connectivity index (χ1v) is 6.74. The number of aromatic nitrogens is 1. The molecule has 0 atom stereocenters. The van der Waals surface area contributed by atoms with Gasteiger partial charge in [-0.3, -0.25) is 9.78 Å². The number of hydrogen-bond acceptors (Lipinski definition) is 4. The van der Waals surface area contributed by atoms with Gasteiger partial charge < -0.3 is 15.4 Å². The second kappa shape index (κ2) is 9.33. The minimum absolute atomic E-state index is 0.0508. The highest BCUT2D eigenvalue weighted by Gasteiger charge is 2.09. The normalized spacial score (nSPS) is 10.2. The molecule has 0 aliphatic heterocycles. The van der Waals surface area contributed by atoms with Crippen molar-refractivity contribution in [1.82, 2.24) is 10.3 Å². The quantitative estimate of drug-likeness (QED) is 0.671. The smallest absolute Gasteiger partial charge is 0.253 e. The van der Waals surface area contributed by atoms with E-state index in [0.29, 0.717) is 12.1 Å². The van der Waals surface area contributed by atoms with Gasteiger partial charge in [0.15, 0.2) is 0 Å². The van der Waals surface area contributed by atoms with Gasteiger partial charge in [-0.2, -0.15) is 0 Å². The Kier molecular flexibility index (Phi) is 7.58. The van der Waals surface area contributed by atoms with E-state index >= 15 is 0 Å². The number of unbranched alkanes of at least 4 members (excludes halogenated alkanes) is 2. The van der Waals surface area contributed by atoms with E-state index in [1.165, 1.54) is 0 Å². The molecular formula is C14H23N3O2. The zero-order chi connectivity index (χ0) is 13.9. The zero-order valence-electron chi connectivity index (χ0n) is 11.7. The molecule has 0 spiro atoms. The van der Waals surface area contributed by atoms with Crippen LogP contribution in [0.1, 0.15) is 36.5 Å². The van der Waals surface area contributed by atoms with Crippen molar-refractivity contribution in [2.24, 2.45) is 0 Å². The third kappa shape index (κ3) is 5.70. The van der Waals surface area contributed by atoms with E-state index in [9.17, 15) is 4.79 Å². The third-order valence-corrected chi connectivity index (χ3v) is 2.74. The van der Waals surface area contributed by atoms with Gasteiger partial charge in [0, 0.05) is 33.0 Å². The van der Waals surface area contributed by atoms with E-state index in [-0.39, 0.29) is 5.91 Å². The summed E-state index contributed by atoms with van der Waals surface area (Å²) < 4.78 is 4.98. The molecule has 5 nitrogen and oxygen atoms in total. The fourth-order valence-electron chi connectivity index (χ4n) is 1.77. The Hall–Kier alpha value is -1.62. The molecule has 0 fully saturated rings. The number of amides is 1. The molecule has 19 heavy (non-hydrogen) atoms. The second-order valence-electron chi connectivity index (χ2n) is 4.26. The molecule has 2 N–H and O–H groups in total. The van der Waals surface area contributed by atoms with Gasteiger partial charge in [-0.1, -0.05) is 0 Å². The SMILES string of the molecule is CCNc1cnccc1C(=O)NCCCCCOC. The average molecular weight is 265 g/mol. The predicted octanol–water partition coefficient (Wildman–Crippen LogP) is 2.06. The molecule has 1 aromatic rings. The van der Waals surface area contributed by atoms with Crippen LogP contribution in [0, 0.1) is 0 Å². The summed E-state index contributed by atoms with van der Waals surface area (Å²) in [4.78, 5) is 16.0. The summed E-state index contributed by atoms with van der Waals surface area (Å²) >= 11 is 0. The Balaban J connectivity index is 2.36. The van der Waals surface area contributed by atoms with E-state index in [1.54, 1.807) is 25.6 Å². The summed E-state index contributed by atoms with van der Waals surface area (Å²) in [5, 5.41) is 6.06. The van der Waals surface area contributed by atoms with E-state index in [1.807, 2.05) is 6.92 Å². The van der Waals surface area contributed by atoms with Crippen LogP contribution in [-0.2, 0) is 4.74 Å². The van der Waals surface area contributed by atoms with Crippen LogP contribution in [-0.4, -0.2) is 37.7 Å². The van der Waals surface area contributed by atoms with Gasteiger partial charge in [0.25, 0.3) is 5.91 Å². The Morgan fingerprint density at radius 3 is 2.95 bits per heavy atom. The maximum atomic E-state index is 12.0. The molecule has 1 heterocycles. The molecule has 0 aliphatic carbocycles. The van der Waals surface area contributed by atoms with Crippen LogP contribution in [0.3, 0.4) is 0 Å². The first kappa shape index (κ1) is 15.4. The molecule has 0 saturated heterocycles. The monoisotopic (exact) mass is 265 g/mol. The van der Waals surface area contributed by atoms with Crippen LogP contribution in [0.5, 0.6) is 0 Å². The molecule has 0 radical (unpaired) electrons. The molecule has 0 unspecified atom stereocenters. The van der Waals surface area contributed by atoms with Crippen molar-refractivity contribution >= 4 is 11.6 Å². The summed E-state index contributed by atoms with van der Waals surface area (Å²) in [5.41, 5.74) is 1.43. The number of nitrogens with zero attached hydrogens (tertiary/aromatic N) is 1. The summed E-state index contributed by atoms with van der Waals surface area (Å²) in [6.45, 7) is 4.23. The maximum Gasteiger partial charge on any atom is 0.253 e. The first-order chi connectivity index (χ1) is 9.29. The van der Waals surface area contributed by atoms with Crippen molar-refractivity contribution in [2.75, 3.05) is 32.1 Å². The lowest BCUT2D eigenvalue weighted by atomic mass is 10.2. The number of carbonyl (C=O) groups excluding carboxylic acids is 1. The number of pyridine rings is 1. The van der Waals surface area contributed by atoms with Crippen LogP contribution in [0.25, 0.3) is 0 Å². The fraction of sp³-hybridized carbons (Fsp3) is 0.571. The predicted molar refractivity (Wildman–Crippen MR) is 76.5 cm³/mol. The van der Waals surface area contributed by atoms with Crippen molar-refractivity contribution in [3.8, 4) is 0 Å². The van der Waals surface area contributed by atoms with Gasteiger partial charge in [0.1, 0.15) is 0 Å². The van der Waals surface area contributed by atoms with Crippen molar-refractivity contribution < 1.29 is 9.53 Å². The molecule has 1 aromatic heterocycles. The van der Waals surface area contributed by atoms with E-state index in [4.69, 9.17) is 4.74 Å². The lowest BCUT2D eigenvalue weighted by Crippen LogP contribution is -2.25. The van der Waals surface area contributed by atoms with Crippen LogP contribution in [0.2, 0.25) is 0 Å². The highest BCUT2D eigenvalue weighted by atomic mass is 16.5. The summed E-state index contributed by atoms with van der Waals surface area (Å²) in [5.74, 6) is -0.0508. The number of anilines is 1. The number of ether oxygens (including phenoxy) is 1. The van der Waals surface area contributed by atoms with Crippen LogP contribution in [0.15, 0.2) is 18.5 Å². The number of hydrogen-bond donors (Lipinski definition) is 2. The Labute approximate surface area is 114 Å². The van der Waals surface area contributed by atoms with E-state index in [2.05, 4.69) is 15.6 Å². The maximum absolute atomic E-state index is 12.0. The van der Waals surface area contributed by atoms with Crippen molar-refractivity contribution in [2.45, 2.75) is 26.2 Å². The largest absolute Gasteiger partial charge is 0.385 e. The van der Waals surface area contributed by atoms with Gasteiger partial charge in [-0.05, 0) is 32.3 Å². The van der Waals surface area contributed by atoms with Crippen molar-refractivity contribution in [3.63, 3.8) is 0 Å². The highest BCUT2D eigenvalue weighted by Crippen LogP contribution is 2.12. The third-order valence-electron chi connectivity index (χ3n) is 2.74. The molecule has 106 valence electrons. The molecule has 5 heteroatoms. The lowest BCUT2D eigenvalue weighted by molar-refractivity contribution is 0.0953. The van der Waals surface area contributed by atoms with Gasteiger partial charge in [0.05, 0.1) is 17.4 Å². The summed E-state index contributed by atoms with van der Waals surface area (Å²) in [7, 11) is 1.70. The van der Waals surface area contributed by atoms with Gasteiger partial charge >= 0.3 is 0 Å². The topological polar surface area (TPSA) is 63.2 Å². The number of carbonyl (C=O) groups is 1. The van der Waals surface area contributed by atoms with Crippen LogP contribution >= 0.6 is 0 Å². The second-order valence-corrected chi connectivity index (χ2v) is 4.26. The minimum atomic E-state index is -0.0508. The first-order valence-electron chi connectivity index (χ1n) is 6.74. The fourth-order valence-corrected chi connectivity index (χ4v) is 1.77. The number of methoxy groups -OCH3 is 1. The molecule has 0 bridgehead atoms. The lowest BCUT2D eigenvalue weighted by Gasteiger charge is -2.10. The Morgan fingerprint density at radius 2 is 2.21 bits per heavy atom. The molecule has 1 rings (SSSR count). The zero-order valence-corrected chi connectivity index (χ0v) is 11.7.